The monoisotopic (exact) mass is 386 g/mol. The molecule has 0 aliphatic carbocycles. The van der Waals surface area contributed by atoms with Crippen molar-refractivity contribution in [3.8, 4) is 5.75 Å². The Kier molecular flexibility index (Phi) is 4.84. The average molecular weight is 386 g/mol. The lowest BCUT2D eigenvalue weighted by Crippen LogP contribution is -2.32. The maximum absolute atomic E-state index is 6.16. The summed E-state index contributed by atoms with van der Waals surface area (Å²) >= 11 is 0. The molecule has 28 heavy (non-hydrogen) atoms. The van der Waals surface area contributed by atoms with Crippen molar-refractivity contribution in [3.63, 3.8) is 0 Å². The van der Waals surface area contributed by atoms with Gasteiger partial charge in [0.1, 0.15) is 36.7 Å². The van der Waals surface area contributed by atoms with Crippen LogP contribution in [0.3, 0.4) is 0 Å². The summed E-state index contributed by atoms with van der Waals surface area (Å²) in [4.78, 5) is 9.61. The zero-order valence-electron chi connectivity index (χ0n) is 16.7. The molecule has 0 bridgehead atoms. The molecule has 1 saturated heterocycles. The highest BCUT2D eigenvalue weighted by Crippen LogP contribution is 2.33. The quantitative estimate of drug-likeness (QED) is 0.457. The fourth-order valence-corrected chi connectivity index (χ4v) is 3.35. The second kappa shape index (κ2) is 7.18. The first-order chi connectivity index (χ1) is 13.3. The number of rotatable bonds is 4. The van der Waals surface area contributed by atoms with Crippen LogP contribution in [0.5, 0.6) is 5.75 Å². The van der Waals surface area contributed by atoms with Crippen molar-refractivity contribution in [3.05, 3.63) is 42.0 Å². The van der Waals surface area contributed by atoms with E-state index in [-0.39, 0.29) is 18.3 Å². The van der Waals surface area contributed by atoms with E-state index in [4.69, 9.17) is 19.0 Å². The van der Waals surface area contributed by atoms with E-state index in [0.29, 0.717) is 12.4 Å². The molecule has 2 aliphatic rings. The molecule has 1 aromatic carbocycles. The molecular weight excluding hydrogens is 360 g/mol. The van der Waals surface area contributed by atoms with Gasteiger partial charge in [-0.05, 0) is 52.2 Å². The number of oxime groups is 1. The van der Waals surface area contributed by atoms with Gasteiger partial charge in [-0.15, -0.1) is 0 Å². The molecule has 2 aliphatic heterocycles. The normalized spacial score (nSPS) is 23.1. The van der Waals surface area contributed by atoms with Crippen LogP contribution in [0, 0.1) is 0 Å². The molecule has 8 heteroatoms. The van der Waals surface area contributed by atoms with Crippen LogP contribution in [0.4, 0.5) is 0 Å². The summed E-state index contributed by atoms with van der Waals surface area (Å²) in [6, 6.07) is 6.06. The number of benzene rings is 1. The van der Waals surface area contributed by atoms with Gasteiger partial charge in [-0.3, -0.25) is 0 Å². The van der Waals surface area contributed by atoms with Crippen LogP contribution in [0.15, 0.2) is 36.0 Å². The lowest BCUT2D eigenvalue weighted by Gasteiger charge is -2.32. The summed E-state index contributed by atoms with van der Waals surface area (Å²) in [5, 5.41) is 8.52. The van der Waals surface area contributed by atoms with Gasteiger partial charge >= 0.3 is 0 Å². The zero-order valence-corrected chi connectivity index (χ0v) is 16.7. The summed E-state index contributed by atoms with van der Waals surface area (Å²) in [7, 11) is 0. The molecule has 3 heterocycles. The Morgan fingerprint density at radius 3 is 2.89 bits per heavy atom. The molecule has 1 atom stereocenters. The van der Waals surface area contributed by atoms with Crippen molar-refractivity contribution >= 4 is 5.84 Å². The summed E-state index contributed by atoms with van der Waals surface area (Å²) in [5.41, 5.74) is 1.85. The van der Waals surface area contributed by atoms with Crippen molar-refractivity contribution in [1.29, 1.82) is 0 Å². The fraction of sp³-hybridized carbons (Fsp3) is 0.550. The first kappa shape index (κ1) is 18.9. The molecule has 0 amide bonds. The standard InChI is InChI=1S/C20H26N4O4/c1-19(2)8-7-14-5-6-15(9-17(14)28-19)18(24-13-21-12-22-24)23-26-11-16-10-25-20(3,4)27-16/h5-6,9,12-13,16H,7-8,10-11H2,1-4H3/b23-18-. The third-order valence-electron chi connectivity index (χ3n) is 4.82. The molecule has 0 N–H and O–H groups in total. The summed E-state index contributed by atoms with van der Waals surface area (Å²) in [6.45, 7) is 8.73. The highest BCUT2D eigenvalue weighted by molar-refractivity contribution is 5.99. The minimum Gasteiger partial charge on any atom is -0.488 e. The van der Waals surface area contributed by atoms with Gasteiger partial charge in [-0.25, -0.2) is 4.98 Å². The van der Waals surface area contributed by atoms with Gasteiger partial charge in [0.2, 0.25) is 5.84 Å². The second-order valence-electron chi connectivity index (χ2n) is 8.19. The van der Waals surface area contributed by atoms with Crippen molar-refractivity contribution in [2.24, 2.45) is 5.16 Å². The Balaban J connectivity index is 1.56. The number of nitrogens with zero attached hydrogens (tertiary/aromatic N) is 4. The molecule has 1 unspecified atom stereocenters. The van der Waals surface area contributed by atoms with Crippen LogP contribution >= 0.6 is 0 Å². The Hall–Kier alpha value is -2.45. The van der Waals surface area contributed by atoms with E-state index in [1.54, 1.807) is 11.0 Å². The lowest BCUT2D eigenvalue weighted by atomic mass is 9.93. The van der Waals surface area contributed by atoms with Gasteiger partial charge in [-0.2, -0.15) is 9.78 Å². The first-order valence-electron chi connectivity index (χ1n) is 9.50. The van der Waals surface area contributed by atoms with Gasteiger partial charge in [0.15, 0.2) is 5.79 Å². The first-order valence-corrected chi connectivity index (χ1v) is 9.50. The SMILES string of the molecule is CC1(C)CCc2ccc(/C(=N/OCC3COC(C)(C)O3)n3cncn3)cc2O1. The van der Waals surface area contributed by atoms with Crippen LogP contribution in [0.1, 0.15) is 45.2 Å². The minimum atomic E-state index is -0.588. The molecule has 0 spiro atoms. The van der Waals surface area contributed by atoms with E-state index < -0.39 is 5.79 Å². The smallest absolute Gasteiger partial charge is 0.201 e. The summed E-state index contributed by atoms with van der Waals surface area (Å²) in [5.74, 6) is 0.816. The van der Waals surface area contributed by atoms with E-state index in [9.17, 15) is 0 Å². The zero-order chi connectivity index (χ0) is 19.8. The highest BCUT2D eigenvalue weighted by Gasteiger charge is 2.33. The van der Waals surface area contributed by atoms with E-state index in [1.165, 1.54) is 11.9 Å². The van der Waals surface area contributed by atoms with E-state index in [0.717, 1.165) is 24.2 Å². The van der Waals surface area contributed by atoms with Crippen LogP contribution < -0.4 is 4.74 Å². The van der Waals surface area contributed by atoms with Gasteiger partial charge in [-0.1, -0.05) is 17.3 Å². The number of fused-ring (bicyclic) bond motifs is 1. The molecule has 0 radical (unpaired) electrons. The van der Waals surface area contributed by atoms with Crippen molar-refractivity contribution < 1.29 is 19.0 Å². The van der Waals surface area contributed by atoms with E-state index >= 15 is 0 Å². The fourth-order valence-electron chi connectivity index (χ4n) is 3.35. The maximum atomic E-state index is 6.16. The number of ether oxygens (including phenoxy) is 3. The third kappa shape index (κ3) is 4.18. The molecule has 2 aromatic rings. The van der Waals surface area contributed by atoms with Crippen LogP contribution in [-0.2, 0) is 20.7 Å². The molecule has 8 nitrogen and oxygen atoms in total. The van der Waals surface area contributed by atoms with Crippen molar-refractivity contribution in [2.75, 3.05) is 13.2 Å². The molecule has 150 valence electrons. The van der Waals surface area contributed by atoms with Crippen LogP contribution in [0.2, 0.25) is 0 Å². The van der Waals surface area contributed by atoms with Gasteiger partial charge < -0.3 is 19.0 Å². The molecular formula is C20H26N4O4. The average Bonchev–Trinajstić information content (AvgIpc) is 3.27. The van der Waals surface area contributed by atoms with E-state index in [2.05, 4.69) is 35.2 Å². The largest absolute Gasteiger partial charge is 0.488 e. The Morgan fingerprint density at radius 1 is 1.32 bits per heavy atom. The Labute approximate surface area is 164 Å². The third-order valence-corrected chi connectivity index (χ3v) is 4.82. The molecule has 4 rings (SSSR count). The number of hydrogen-bond donors (Lipinski definition) is 0. The maximum Gasteiger partial charge on any atom is 0.201 e. The molecule has 1 aromatic heterocycles. The van der Waals surface area contributed by atoms with Crippen LogP contribution in [-0.4, -0.2) is 51.3 Å². The minimum absolute atomic E-state index is 0.164. The topological polar surface area (TPSA) is 80.0 Å². The predicted molar refractivity (Wildman–Crippen MR) is 102 cm³/mol. The van der Waals surface area contributed by atoms with Crippen molar-refractivity contribution in [1.82, 2.24) is 14.8 Å². The summed E-state index contributed by atoms with van der Waals surface area (Å²) < 4.78 is 19.0. The lowest BCUT2D eigenvalue weighted by molar-refractivity contribution is -0.145. The number of aryl methyl sites for hydroxylation is 1. The van der Waals surface area contributed by atoms with Gasteiger partial charge in [0.25, 0.3) is 0 Å². The Bertz CT molecular complexity index is 861. The molecule has 0 saturated carbocycles. The second-order valence-corrected chi connectivity index (χ2v) is 8.19. The predicted octanol–water partition coefficient (Wildman–Crippen LogP) is 2.76. The summed E-state index contributed by atoms with van der Waals surface area (Å²) in [6.07, 6.45) is 4.87. The number of hydrogen-bond acceptors (Lipinski definition) is 7. The Morgan fingerprint density at radius 2 is 2.18 bits per heavy atom. The van der Waals surface area contributed by atoms with Crippen LogP contribution in [0.25, 0.3) is 0 Å². The van der Waals surface area contributed by atoms with E-state index in [1.807, 2.05) is 26.0 Å². The number of aromatic nitrogens is 3. The molecule has 1 fully saturated rings. The van der Waals surface area contributed by atoms with Gasteiger partial charge in [0.05, 0.1) is 6.61 Å². The highest BCUT2D eigenvalue weighted by atomic mass is 16.8. The van der Waals surface area contributed by atoms with Crippen molar-refractivity contribution in [2.45, 2.75) is 58.0 Å². The van der Waals surface area contributed by atoms with Gasteiger partial charge in [0, 0.05) is 5.56 Å².